The van der Waals surface area contributed by atoms with Crippen molar-refractivity contribution in [3.63, 3.8) is 0 Å². The van der Waals surface area contributed by atoms with E-state index in [2.05, 4.69) is 4.72 Å². The standard InChI is InChI=1S/C14H12ClNO2S/c15-13-7-3-11(4-8-13)1-2-12-5-9-14(10-6-12)16-19(17)18/h1-10,16H,(H,17,18). The van der Waals surface area contributed by atoms with Crippen LogP contribution < -0.4 is 4.72 Å². The van der Waals surface area contributed by atoms with Crippen molar-refractivity contribution in [3.8, 4) is 0 Å². The highest BCUT2D eigenvalue weighted by atomic mass is 35.5. The third-order valence-corrected chi connectivity index (χ3v) is 3.12. The summed E-state index contributed by atoms with van der Waals surface area (Å²) in [4.78, 5) is 0. The van der Waals surface area contributed by atoms with Gasteiger partial charge < -0.3 is 0 Å². The molecule has 0 aliphatic rings. The van der Waals surface area contributed by atoms with E-state index in [1.165, 1.54) is 0 Å². The number of anilines is 1. The minimum absolute atomic E-state index is 0.601. The number of halogens is 1. The molecule has 1 atom stereocenters. The number of benzene rings is 2. The van der Waals surface area contributed by atoms with E-state index >= 15 is 0 Å². The topological polar surface area (TPSA) is 49.3 Å². The van der Waals surface area contributed by atoms with Crippen LogP contribution in [0.15, 0.2) is 48.5 Å². The summed E-state index contributed by atoms with van der Waals surface area (Å²) >= 11 is 3.77. The van der Waals surface area contributed by atoms with Gasteiger partial charge in [0.1, 0.15) is 0 Å². The van der Waals surface area contributed by atoms with Crippen LogP contribution in [0, 0.1) is 0 Å². The molecule has 3 nitrogen and oxygen atoms in total. The van der Waals surface area contributed by atoms with Crippen LogP contribution in [-0.2, 0) is 11.3 Å². The predicted octanol–water partition coefficient (Wildman–Crippen LogP) is 4.06. The lowest BCUT2D eigenvalue weighted by atomic mass is 10.1. The quantitative estimate of drug-likeness (QED) is 0.660. The largest absolute Gasteiger partial charge is 0.289 e. The first-order valence-corrected chi connectivity index (χ1v) is 7.03. The molecule has 0 saturated heterocycles. The first kappa shape index (κ1) is 13.8. The molecule has 0 radical (unpaired) electrons. The normalized spacial score (nSPS) is 12.5. The lowest BCUT2D eigenvalue weighted by Gasteiger charge is -2.01. The van der Waals surface area contributed by atoms with Crippen molar-refractivity contribution in [1.29, 1.82) is 0 Å². The lowest BCUT2D eigenvalue weighted by Crippen LogP contribution is -2.01. The zero-order valence-electron chi connectivity index (χ0n) is 9.92. The third kappa shape index (κ3) is 4.52. The van der Waals surface area contributed by atoms with Crippen LogP contribution in [-0.4, -0.2) is 8.76 Å². The van der Waals surface area contributed by atoms with E-state index in [1.54, 1.807) is 12.1 Å². The summed E-state index contributed by atoms with van der Waals surface area (Å²) in [6, 6.07) is 14.8. The molecule has 0 spiro atoms. The molecule has 0 bridgehead atoms. The van der Waals surface area contributed by atoms with Crippen molar-refractivity contribution >= 4 is 40.7 Å². The molecular formula is C14H12ClNO2S. The van der Waals surface area contributed by atoms with Gasteiger partial charge in [0, 0.05) is 10.7 Å². The first-order chi connectivity index (χ1) is 9.13. The highest BCUT2D eigenvalue weighted by molar-refractivity contribution is 7.80. The van der Waals surface area contributed by atoms with Crippen LogP contribution in [0.5, 0.6) is 0 Å². The maximum Gasteiger partial charge on any atom is 0.259 e. The molecule has 0 aliphatic carbocycles. The molecule has 98 valence electrons. The Morgan fingerprint density at radius 1 is 0.947 bits per heavy atom. The van der Waals surface area contributed by atoms with Crippen molar-refractivity contribution in [2.75, 3.05) is 4.72 Å². The molecule has 2 aromatic carbocycles. The number of rotatable bonds is 4. The second-order valence-electron chi connectivity index (χ2n) is 3.86. The van der Waals surface area contributed by atoms with Gasteiger partial charge >= 0.3 is 0 Å². The van der Waals surface area contributed by atoms with Crippen molar-refractivity contribution in [2.24, 2.45) is 0 Å². The number of hydrogen-bond donors (Lipinski definition) is 2. The average Bonchev–Trinajstić information content (AvgIpc) is 2.39. The molecule has 19 heavy (non-hydrogen) atoms. The maximum absolute atomic E-state index is 10.6. The van der Waals surface area contributed by atoms with Gasteiger partial charge in [-0.25, -0.2) is 4.21 Å². The van der Waals surface area contributed by atoms with E-state index in [1.807, 2.05) is 48.6 Å². The van der Waals surface area contributed by atoms with Crippen LogP contribution >= 0.6 is 11.6 Å². The molecule has 0 aliphatic heterocycles. The Morgan fingerprint density at radius 2 is 1.42 bits per heavy atom. The monoisotopic (exact) mass is 293 g/mol. The highest BCUT2D eigenvalue weighted by Gasteiger charge is 1.95. The van der Waals surface area contributed by atoms with E-state index < -0.39 is 11.3 Å². The minimum atomic E-state index is -2.04. The Labute approximate surface area is 119 Å². The molecule has 0 heterocycles. The van der Waals surface area contributed by atoms with Crippen molar-refractivity contribution in [2.45, 2.75) is 0 Å². The molecule has 0 saturated carbocycles. The van der Waals surface area contributed by atoms with Gasteiger partial charge in [0.25, 0.3) is 11.3 Å². The molecule has 1 unspecified atom stereocenters. The summed E-state index contributed by atoms with van der Waals surface area (Å²) in [5.74, 6) is 0. The lowest BCUT2D eigenvalue weighted by molar-refractivity contribution is 0.570. The van der Waals surface area contributed by atoms with Gasteiger partial charge in [-0.05, 0) is 35.4 Å². The molecule has 2 aromatic rings. The summed E-state index contributed by atoms with van der Waals surface area (Å²) in [6.07, 6.45) is 3.94. The molecule has 5 heteroatoms. The average molecular weight is 294 g/mol. The predicted molar refractivity (Wildman–Crippen MR) is 81.2 cm³/mol. The molecule has 2 N–H and O–H groups in total. The minimum Gasteiger partial charge on any atom is -0.289 e. The molecule has 0 fully saturated rings. The number of nitrogens with one attached hydrogen (secondary N) is 1. The molecule has 0 amide bonds. The second kappa shape index (κ2) is 6.52. The Kier molecular flexibility index (Phi) is 4.74. The fraction of sp³-hybridized carbons (Fsp3) is 0. The fourth-order valence-electron chi connectivity index (χ4n) is 1.53. The summed E-state index contributed by atoms with van der Waals surface area (Å²) in [6.45, 7) is 0. The molecule has 2 rings (SSSR count). The van der Waals surface area contributed by atoms with E-state index in [-0.39, 0.29) is 0 Å². The van der Waals surface area contributed by atoms with Crippen molar-refractivity contribution < 1.29 is 8.76 Å². The Bertz CT molecular complexity index is 594. The summed E-state index contributed by atoms with van der Waals surface area (Å²) in [5, 5.41) is 0.713. The van der Waals surface area contributed by atoms with E-state index in [0.29, 0.717) is 10.7 Å². The zero-order chi connectivity index (χ0) is 13.7. The van der Waals surface area contributed by atoms with Gasteiger partial charge in [0.2, 0.25) is 0 Å². The van der Waals surface area contributed by atoms with E-state index in [9.17, 15) is 4.21 Å². The van der Waals surface area contributed by atoms with Gasteiger partial charge in [0.15, 0.2) is 0 Å². The van der Waals surface area contributed by atoms with E-state index in [4.69, 9.17) is 16.2 Å². The van der Waals surface area contributed by atoms with Gasteiger partial charge in [-0.15, -0.1) is 0 Å². The number of hydrogen-bond acceptors (Lipinski definition) is 1. The van der Waals surface area contributed by atoms with Gasteiger partial charge in [-0.2, -0.15) is 0 Å². The van der Waals surface area contributed by atoms with Gasteiger partial charge in [0.05, 0.1) is 0 Å². The summed E-state index contributed by atoms with van der Waals surface area (Å²) < 4.78 is 21.7. The van der Waals surface area contributed by atoms with Crippen molar-refractivity contribution in [3.05, 3.63) is 64.7 Å². The Hall–Kier alpha value is -1.62. The van der Waals surface area contributed by atoms with Gasteiger partial charge in [-0.3, -0.25) is 9.27 Å². The Morgan fingerprint density at radius 3 is 1.89 bits per heavy atom. The van der Waals surface area contributed by atoms with Gasteiger partial charge in [-0.1, -0.05) is 48.0 Å². The fourth-order valence-corrected chi connectivity index (χ4v) is 1.99. The van der Waals surface area contributed by atoms with Crippen LogP contribution in [0.3, 0.4) is 0 Å². The van der Waals surface area contributed by atoms with E-state index in [0.717, 1.165) is 11.1 Å². The molecular weight excluding hydrogens is 282 g/mol. The SMILES string of the molecule is O=S(O)Nc1ccc(C=Cc2ccc(Cl)cc2)cc1. The highest BCUT2D eigenvalue weighted by Crippen LogP contribution is 2.14. The maximum atomic E-state index is 10.6. The van der Waals surface area contributed by atoms with Crippen LogP contribution in [0.1, 0.15) is 11.1 Å². The van der Waals surface area contributed by atoms with Crippen LogP contribution in [0.4, 0.5) is 5.69 Å². The third-order valence-electron chi connectivity index (χ3n) is 2.45. The molecule has 0 aromatic heterocycles. The Balaban J connectivity index is 2.06. The first-order valence-electron chi connectivity index (χ1n) is 5.55. The second-order valence-corrected chi connectivity index (χ2v) is 5.00. The smallest absolute Gasteiger partial charge is 0.259 e. The van der Waals surface area contributed by atoms with Crippen LogP contribution in [0.25, 0.3) is 12.2 Å². The summed E-state index contributed by atoms with van der Waals surface area (Å²) in [5.41, 5.74) is 2.66. The van der Waals surface area contributed by atoms with Crippen molar-refractivity contribution in [1.82, 2.24) is 0 Å². The zero-order valence-corrected chi connectivity index (χ0v) is 11.5. The summed E-state index contributed by atoms with van der Waals surface area (Å²) in [7, 11) is 0. The van der Waals surface area contributed by atoms with Crippen LogP contribution in [0.2, 0.25) is 5.02 Å².